The summed E-state index contributed by atoms with van der Waals surface area (Å²) in [6, 6.07) is 70.2. The molecule has 0 amide bonds. The van der Waals surface area contributed by atoms with Gasteiger partial charge in [-0.05, 0) is 88.6 Å². The van der Waals surface area contributed by atoms with E-state index in [1.165, 1.54) is 85.9 Å². The number of nitrogens with zero attached hydrogens (tertiary/aromatic N) is 1. The lowest BCUT2D eigenvalue weighted by Crippen LogP contribution is -1.92. The number of thiophene rings is 1. The third kappa shape index (κ3) is 4.77. The second-order valence-electron chi connectivity index (χ2n) is 14.2. The second kappa shape index (κ2) is 12.5. The van der Waals surface area contributed by atoms with Crippen molar-refractivity contribution >= 4 is 74.6 Å². The number of benzene rings is 10. The molecule has 11 rings (SSSR count). The fourth-order valence-electron chi connectivity index (χ4n) is 9.01. The van der Waals surface area contributed by atoms with E-state index in [2.05, 4.69) is 176 Å². The fourth-order valence-corrected chi connectivity index (χ4v) is 10.3. The molecule has 1 heterocycles. The van der Waals surface area contributed by atoms with Gasteiger partial charge in [0.15, 0.2) is 0 Å². The van der Waals surface area contributed by atoms with E-state index in [0.29, 0.717) is 5.56 Å². The maximum absolute atomic E-state index is 10.2. The highest BCUT2D eigenvalue weighted by atomic mass is 32.1. The van der Waals surface area contributed by atoms with Crippen LogP contribution in [-0.2, 0) is 0 Å². The minimum absolute atomic E-state index is 0.684. The normalized spacial score (nSPS) is 11.6. The molecule has 0 N–H and O–H groups in total. The Morgan fingerprint density at radius 2 is 0.764 bits per heavy atom. The molecule has 0 aliphatic heterocycles. The highest BCUT2D eigenvalue weighted by Gasteiger charge is 2.21. The molecule has 0 unspecified atom stereocenters. The lowest BCUT2D eigenvalue weighted by molar-refractivity contribution is 1.48. The van der Waals surface area contributed by atoms with Crippen molar-refractivity contribution in [3.63, 3.8) is 0 Å². The van der Waals surface area contributed by atoms with Gasteiger partial charge < -0.3 is 0 Å². The average Bonchev–Trinajstić information content (AvgIpc) is 3.63. The first-order valence-corrected chi connectivity index (χ1v) is 19.5. The largest absolute Gasteiger partial charge is 0.192 e. The summed E-state index contributed by atoms with van der Waals surface area (Å²) in [4.78, 5) is 0. The zero-order valence-corrected chi connectivity index (χ0v) is 30.6. The van der Waals surface area contributed by atoms with Crippen LogP contribution >= 0.6 is 11.3 Å². The molecule has 0 saturated carbocycles. The molecule has 11 aromatic rings. The molecule has 10 aromatic carbocycles. The Morgan fingerprint density at radius 3 is 1.33 bits per heavy atom. The maximum Gasteiger partial charge on any atom is 0.0998 e. The van der Waals surface area contributed by atoms with Gasteiger partial charge in [0.25, 0.3) is 0 Å². The number of rotatable bonds is 4. The zero-order valence-electron chi connectivity index (χ0n) is 29.8. The Hall–Kier alpha value is -7.05. The summed E-state index contributed by atoms with van der Waals surface area (Å²) < 4.78 is 2.55. The number of nitriles is 1. The minimum Gasteiger partial charge on any atom is -0.192 e. The lowest BCUT2D eigenvalue weighted by atomic mass is 9.84. The summed E-state index contributed by atoms with van der Waals surface area (Å²) >= 11 is 1.88. The smallest absolute Gasteiger partial charge is 0.0998 e. The van der Waals surface area contributed by atoms with Gasteiger partial charge in [-0.15, -0.1) is 11.3 Å². The summed E-state index contributed by atoms with van der Waals surface area (Å²) in [6.45, 7) is 0. The Labute approximate surface area is 322 Å². The Morgan fingerprint density at radius 1 is 0.327 bits per heavy atom. The van der Waals surface area contributed by atoms with Crippen LogP contribution in [-0.4, -0.2) is 0 Å². The van der Waals surface area contributed by atoms with Crippen molar-refractivity contribution in [3.8, 4) is 50.6 Å². The molecule has 0 spiro atoms. The van der Waals surface area contributed by atoms with Crippen molar-refractivity contribution in [1.29, 1.82) is 5.26 Å². The lowest BCUT2D eigenvalue weighted by Gasteiger charge is -2.18. The zero-order chi connectivity index (χ0) is 36.5. The first-order chi connectivity index (χ1) is 27.3. The van der Waals surface area contributed by atoms with Crippen LogP contribution in [0.2, 0.25) is 0 Å². The Kier molecular flexibility index (Phi) is 7.17. The van der Waals surface area contributed by atoms with Crippen molar-refractivity contribution in [2.75, 3.05) is 0 Å². The van der Waals surface area contributed by atoms with Gasteiger partial charge in [-0.25, -0.2) is 0 Å². The van der Waals surface area contributed by atoms with Crippen LogP contribution in [0.25, 0.3) is 108 Å². The van der Waals surface area contributed by atoms with Gasteiger partial charge in [0.2, 0.25) is 0 Å². The summed E-state index contributed by atoms with van der Waals surface area (Å²) in [5, 5.41) is 22.4. The van der Waals surface area contributed by atoms with E-state index in [1.807, 2.05) is 29.5 Å². The van der Waals surface area contributed by atoms with Crippen molar-refractivity contribution in [3.05, 3.63) is 194 Å². The van der Waals surface area contributed by atoms with Crippen LogP contribution in [0, 0.1) is 11.3 Å². The van der Waals surface area contributed by atoms with Gasteiger partial charge in [-0.1, -0.05) is 176 Å². The third-order valence-corrected chi connectivity index (χ3v) is 12.5. The topological polar surface area (TPSA) is 23.8 Å². The molecular weight excluding hydrogens is 683 g/mol. The second-order valence-corrected chi connectivity index (χ2v) is 15.3. The molecule has 0 saturated heterocycles. The molecule has 0 radical (unpaired) electrons. The molecule has 2 heteroatoms. The molecule has 0 atom stereocenters. The van der Waals surface area contributed by atoms with E-state index in [0.717, 1.165) is 21.9 Å². The molecule has 0 aliphatic carbocycles. The van der Waals surface area contributed by atoms with Crippen LogP contribution < -0.4 is 0 Å². The van der Waals surface area contributed by atoms with E-state index >= 15 is 0 Å². The summed E-state index contributed by atoms with van der Waals surface area (Å²) in [5.74, 6) is 0. The van der Waals surface area contributed by atoms with Crippen LogP contribution in [0.4, 0.5) is 0 Å². The highest BCUT2D eigenvalue weighted by Crippen LogP contribution is 2.50. The molecule has 0 bridgehead atoms. The first-order valence-electron chi connectivity index (χ1n) is 18.7. The van der Waals surface area contributed by atoms with E-state index in [9.17, 15) is 5.26 Å². The van der Waals surface area contributed by atoms with E-state index in [-0.39, 0.29) is 0 Å². The molecule has 254 valence electrons. The standard InChI is InChI=1S/C53H31NS/c54-32-35-17-4-5-18-36(35)51-42-23-10-12-25-44(42)52(45-26-13-11-24-43(45)51)47-28-14-27-46-37-30-29-34(31-48(37)55-53(46)47)50-40-21-8-6-19-38(40)49(33-15-2-1-3-16-33)39-20-7-9-22-41(39)50/h1-31H. The van der Waals surface area contributed by atoms with Gasteiger partial charge >= 0.3 is 0 Å². The monoisotopic (exact) mass is 713 g/mol. The van der Waals surface area contributed by atoms with Crippen molar-refractivity contribution in [2.24, 2.45) is 0 Å². The maximum atomic E-state index is 10.2. The van der Waals surface area contributed by atoms with Crippen molar-refractivity contribution in [2.45, 2.75) is 0 Å². The minimum atomic E-state index is 0.684. The van der Waals surface area contributed by atoms with Gasteiger partial charge in [-0.3, -0.25) is 0 Å². The molecule has 0 fully saturated rings. The molecule has 1 nitrogen and oxygen atoms in total. The fraction of sp³-hybridized carbons (Fsp3) is 0. The Bertz CT molecular complexity index is 3270. The summed E-state index contributed by atoms with van der Waals surface area (Å²) in [7, 11) is 0. The van der Waals surface area contributed by atoms with Crippen LogP contribution in [0.5, 0.6) is 0 Å². The van der Waals surface area contributed by atoms with Gasteiger partial charge in [-0.2, -0.15) is 5.26 Å². The quantitative estimate of drug-likeness (QED) is 0.167. The number of hydrogen-bond acceptors (Lipinski definition) is 2. The first kappa shape index (κ1) is 31.5. The third-order valence-electron chi connectivity index (χ3n) is 11.3. The Balaban J connectivity index is 1.18. The van der Waals surface area contributed by atoms with Gasteiger partial charge in [0.05, 0.1) is 11.6 Å². The summed E-state index contributed by atoms with van der Waals surface area (Å²) in [5.41, 5.74) is 10.2. The highest BCUT2D eigenvalue weighted by molar-refractivity contribution is 7.26. The van der Waals surface area contributed by atoms with E-state index in [1.54, 1.807) is 0 Å². The predicted octanol–water partition coefficient (Wildman–Crippen LogP) is 15.2. The SMILES string of the molecule is N#Cc1ccccc1-c1c2ccccc2c(-c2cccc3c2sc2cc(-c4c5ccccc5c(-c5ccccc5)c5ccccc45)ccc23)c2ccccc12. The van der Waals surface area contributed by atoms with Crippen molar-refractivity contribution < 1.29 is 0 Å². The van der Waals surface area contributed by atoms with Crippen LogP contribution in [0.15, 0.2) is 188 Å². The van der Waals surface area contributed by atoms with Gasteiger partial charge in [0.1, 0.15) is 0 Å². The van der Waals surface area contributed by atoms with Crippen LogP contribution in [0.3, 0.4) is 0 Å². The average molecular weight is 714 g/mol. The number of fused-ring (bicyclic) bond motifs is 7. The van der Waals surface area contributed by atoms with E-state index < -0.39 is 0 Å². The predicted molar refractivity (Wildman–Crippen MR) is 236 cm³/mol. The van der Waals surface area contributed by atoms with E-state index in [4.69, 9.17) is 0 Å². The number of hydrogen-bond donors (Lipinski definition) is 0. The van der Waals surface area contributed by atoms with Gasteiger partial charge in [0, 0.05) is 31.3 Å². The molecule has 55 heavy (non-hydrogen) atoms. The molecule has 1 aromatic heterocycles. The van der Waals surface area contributed by atoms with Crippen molar-refractivity contribution in [1.82, 2.24) is 0 Å². The van der Waals surface area contributed by atoms with Crippen LogP contribution in [0.1, 0.15) is 5.56 Å². The molecular formula is C53H31NS. The summed E-state index contributed by atoms with van der Waals surface area (Å²) in [6.07, 6.45) is 0. The molecule has 0 aliphatic rings.